The van der Waals surface area contributed by atoms with E-state index < -0.39 is 0 Å². The third-order valence-electron chi connectivity index (χ3n) is 5.19. The molecule has 1 fully saturated rings. The van der Waals surface area contributed by atoms with Gasteiger partial charge in [-0.1, -0.05) is 42.5 Å². The maximum absolute atomic E-state index is 12.9. The van der Waals surface area contributed by atoms with Crippen molar-refractivity contribution in [3.8, 4) is 0 Å². The van der Waals surface area contributed by atoms with Gasteiger partial charge < -0.3 is 9.80 Å². The van der Waals surface area contributed by atoms with Crippen LogP contribution in [0.25, 0.3) is 0 Å². The smallest absolute Gasteiger partial charge is 0.274 e. The minimum Gasteiger partial charge on any atom is -0.368 e. The van der Waals surface area contributed by atoms with E-state index >= 15 is 0 Å². The van der Waals surface area contributed by atoms with E-state index in [-0.39, 0.29) is 11.5 Å². The highest BCUT2D eigenvalue weighted by molar-refractivity contribution is 5.92. The number of nitrogens with zero attached hydrogens (tertiary/aromatic N) is 4. The molecule has 1 aromatic heterocycles. The van der Waals surface area contributed by atoms with E-state index in [0.717, 1.165) is 18.7 Å². The summed E-state index contributed by atoms with van der Waals surface area (Å²) < 4.78 is 1.35. The molecular weight excluding hydrogens is 364 g/mol. The Balaban J connectivity index is 1.45. The molecule has 2 aromatic carbocycles. The van der Waals surface area contributed by atoms with E-state index in [9.17, 15) is 9.59 Å². The zero-order chi connectivity index (χ0) is 20.2. The number of benzene rings is 2. The second kappa shape index (κ2) is 8.31. The average Bonchev–Trinajstić information content (AvgIpc) is 2.76. The fraction of sp³-hybridized carbons (Fsp3) is 0.261. The molecule has 2 heterocycles. The van der Waals surface area contributed by atoms with Gasteiger partial charge in [-0.2, -0.15) is 5.10 Å². The predicted octanol–water partition coefficient (Wildman–Crippen LogP) is 2.56. The molecule has 0 N–H and O–H groups in total. The van der Waals surface area contributed by atoms with Crippen molar-refractivity contribution in [2.75, 3.05) is 31.1 Å². The number of aromatic nitrogens is 2. The van der Waals surface area contributed by atoms with Gasteiger partial charge in [-0.05, 0) is 36.2 Å². The van der Waals surface area contributed by atoms with Crippen LogP contribution in [0.2, 0.25) is 0 Å². The molecule has 29 heavy (non-hydrogen) atoms. The number of amides is 1. The van der Waals surface area contributed by atoms with Crippen LogP contribution in [0.3, 0.4) is 0 Å². The lowest BCUT2D eigenvalue weighted by atomic mass is 10.2. The number of aryl methyl sites for hydroxylation is 1. The van der Waals surface area contributed by atoms with Crippen molar-refractivity contribution in [3.05, 3.63) is 93.9 Å². The Bertz CT molecular complexity index is 1050. The molecule has 1 aliphatic heterocycles. The summed E-state index contributed by atoms with van der Waals surface area (Å²) in [5.41, 5.74) is 3.48. The van der Waals surface area contributed by atoms with Crippen molar-refractivity contribution < 1.29 is 4.79 Å². The summed E-state index contributed by atoms with van der Waals surface area (Å²) in [5, 5.41) is 4.33. The summed E-state index contributed by atoms with van der Waals surface area (Å²) in [6, 6.07) is 21.0. The van der Waals surface area contributed by atoms with E-state index in [1.165, 1.54) is 28.1 Å². The molecule has 0 spiro atoms. The van der Waals surface area contributed by atoms with Gasteiger partial charge in [0.25, 0.3) is 11.5 Å². The van der Waals surface area contributed by atoms with Gasteiger partial charge in [-0.25, -0.2) is 4.68 Å². The summed E-state index contributed by atoms with van der Waals surface area (Å²) in [6.07, 6.45) is 0. The first-order valence-corrected chi connectivity index (χ1v) is 9.83. The van der Waals surface area contributed by atoms with Crippen molar-refractivity contribution in [1.29, 1.82) is 0 Å². The topological polar surface area (TPSA) is 58.4 Å². The molecule has 0 aliphatic carbocycles. The minimum atomic E-state index is -0.213. The van der Waals surface area contributed by atoms with E-state index in [1.54, 1.807) is 0 Å². The van der Waals surface area contributed by atoms with E-state index in [4.69, 9.17) is 0 Å². The van der Waals surface area contributed by atoms with Gasteiger partial charge in [-0.3, -0.25) is 9.59 Å². The number of rotatable bonds is 4. The van der Waals surface area contributed by atoms with Crippen LogP contribution in [-0.2, 0) is 6.54 Å². The number of carbonyl (C=O) groups excluding carboxylic acids is 1. The van der Waals surface area contributed by atoms with Gasteiger partial charge in [-0.15, -0.1) is 0 Å². The Morgan fingerprint density at radius 1 is 0.931 bits per heavy atom. The van der Waals surface area contributed by atoms with E-state index in [1.807, 2.05) is 35.2 Å². The standard InChI is InChI=1S/C23H24N4O2/c1-18-6-5-9-20(16-18)25-12-14-26(15-13-25)23(29)21-10-11-22(28)27(24-21)17-19-7-3-2-4-8-19/h2-11,16H,12-15,17H2,1H3. The van der Waals surface area contributed by atoms with Crippen molar-refractivity contribution in [1.82, 2.24) is 14.7 Å². The monoisotopic (exact) mass is 388 g/mol. The first kappa shape index (κ1) is 18.9. The Kier molecular flexibility index (Phi) is 5.42. The Morgan fingerprint density at radius 2 is 1.69 bits per heavy atom. The first-order valence-electron chi connectivity index (χ1n) is 9.83. The summed E-state index contributed by atoms with van der Waals surface area (Å²) in [6.45, 7) is 5.25. The van der Waals surface area contributed by atoms with Crippen molar-refractivity contribution in [2.24, 2.45) is 0 Å². The van der Waals surface area contributed by atoms with Crippen LogP contribution in [-0.4, -0.2) is 46.8 Å². The highest BCUT2D eigenvalue weighted by Crippen LogP contribution is 2.18. The van der Waals surface area contributed by atoms with E-state index in [0.29, 0.717) is 25.3 Å². The summed E-state index contributed by atoms with van der Waals surface area (Å²) >= 11 is 0. The molecule has 3 aromatic rings. The number of hydrogen-bond donors (Lipinski definition) is 0. The molecule has 4 rings (SSSR count). The van der Waals surface area contributed by atoms with Crippen molar-refractivity contribution in [3.63, 3.8) is 0 Å². The molecule has 0 radical (unpaired) electrons. The Hall–Kier alpha value is -3.41. The van der Waals surface area contributed by atoms with Gasteiger partial charge in [0, 0.05) is 37.9 Å². The summed E-state index contributed by atoms with van der Waals surface area (Å²) in [4.78, 5) is 29.2. The zero-order valence-corrected chi connectivity index (χ0v) is 16.5. The number of hydrogen-bond acceptors (Lipinski definition) is 4. The van der Waals surface area contributed by atoms with Crippen LogP contribution in [0.5, 0.6) is 0 Å². The second-order valence-corrected chi connectivity index (χ2v) is 7.32. The zero-order valence-electron chi connectivity index (χ0n) is 16.5. The minimum absolute atomic E-state index is 0.129. The molecule has 1 saturated heterocycles. The predicted molar refractivity (Wildman–Crippen MR) is 113 cm³/mol. The van der Waals surface area contributed by atoms with Crippen LogP contribution in [0.1, 0.15) is 21.6 Å². The molecule has 6 heteroatoms. The van der Waals surface area contributed by atoms with Gasteiger partial charge >= 0.3 is 0 Å². The molecule has 0 bridgehead atoms. The molecule has 0 saturated carbocycles. The quantitative estimate of drug-likeness (QED) is 0.689. The number of piperazine rings is 1. The van der Waals surface area contributed by atoms with Crippen LogP contribution < -0.4 is 10.5 Å². The van der Waals surface area contributed by atoms with E-state index in [2.05, 4.69) is 41.2 Å². The fourth-order valence-corrected chi connectivity index (χ4v) is 3.59. The molecule has 148 valence electrons. The first-order chi connectivity index (χ1) is 14.1. The van der Waals surface area contributed by atoms with Crippen LogP contribution in [0, 0.1) is 6.92 Å². The Labute approximate surface area is 170 Å². The second-order valence-electron chi connectivity index (χ2n) is 7.32. The van der Waals surface area contributed by atoms with Crippen molar-refractivity contribution in [2.45, 2.75) is 13.5 Å². The average molecular weight is 388 g/mol. The lowest BCUT2D eigenvalue weighted by Crippen LogP contribution is -2.49. The number of carbonyl (C=O) groups is 1. The molecule has 1 aliphatic rings. The SMILES string of the molecule is Cc1cccc(N2CCN(C(=O)c3ccc(=O)n(Cc4ccccc4)n3)CC2)c1. The maximum atomic E-state index is 12.9. The lowest BCUT2D eigenvalue weighted by molar-refractivity contribution is 0.0738. The summed E-state index contributed by atoms with van der Waals surface area (Å²) in [5.74, 6) is -0.129. The van der Waals surface area contributed by atoms with Crippen LogP contribution in [0.4, 0.5) is 5.69 Å². The van der Waals surface area contributed by atoms with Gasteiger partial charge in [0.1, 0.15) is 5.69 Å². The molecule has 0 atom stereocenters. The lowest BCUT2D eigenvalue weighted by Gasteiger charge is -2.36. The van der Waals surface area contributed by atoms with Crippen LogP contribution in [0.15, 0.2) is 71.5 Å². The molecule has 1 amide bonds. The maximum Gasteiger partial charge on any atom is 0.274 e. The third kappa shape index (κ3) is 4.37. The van der Waals surface area contributed by atoms with Gasteiger partial charge in [0.05, 0.1) is 6.54 Å². The third-order valence-corrected chi connectivity index (χ3v) is 5.19. The van der Waals surface area contributed by atoms with Crippen molar-refractivity contribution >= 4 is 11.6 Å². The van der Waals surface area contributed by atoms with Gasteiger partial charge in [0.15, 0.2) is 0 Å². The molecule has 0 unspecified atom stereocenters. The fourth-order valence-electron chi connectivity index (χ4n) is 3.59. The number of anilines is 1. The largest absolute Gasteiger partial charge is 0.368 e. The highest BCUT2D eigenvalue weighted by Gasteiger charge is 2.23. The molecule has 6 nitrogen and oxygen atoms in total. The normalized spacial score (nSPS) is 14.1. The summed E-state index contributed by atoms with van der Waals surface area (Å²) in [7, 11) is 0. The van der Waals surface area contributed by atoms with Crippen LogP contribution >= 0.6 is 0 Å². The van der Waals surface area contributed by atoms with Gasteiger partial charge in [0.2, 0.25) is 0 Å². The molecular formula is C23H24N4O2. The Morgan fingerprint density at radius 3 is 2.41 bits per heavy atom. The highest BCUT2D eigenvalue weighted by atomic mass is 16.2.